The average Bonchev–Trinajstić information content (AvgIpc) is 2.84. The van der Waals surface area contributed by atoms with Crippen molar-refractivity contribution >= 4 is 33.2 Å². The van der Waals surface area contributed by atoms with E-state index in [1.807, 2.05) is 84.9 Å². The number of aromatic hydroxyl groups is 1. The molecule has 0 aliphatic carbocycles. The van der Waals surface area contributed by atoms with Crippen molar-refractivity contribution in [3.05, 3.63) is 126 Å². The fourth-order valence-corrected chi connectivity index (χ4v) is 3.81. The van der Waals surface area contributed by atoms with E-state index >= 15 is 0 Å². The molecule has 5 rings (SSSR count). The maximum atomic E-state index is 12.9. The van der Waals surface area contributed by atoms with Gasteiger partial charge < -0.3 is 5.11 Å². The summed E-state index contributed by atoms with van der Waals surface area (Å²) in [5, 5.41) is 18.8. The summed E-state index contributed by atoms with van der Waals surface area (Å²) >= 11 is 0. The number of phenolic OH excluding ortho intramolecular Hbond substituents is 1. The Hall–Kier alpha value is -4.44. The molecular formula is C28H20N2O2. The first-order valence-corrected chi connectivity index (χ1v) is 10.3. The molecule has 0 atom stereocenters. The Bertz CT molecular complexity index is 1470. The summed E-state index contributed by atoms with van der Waals surface area (Å²) in [6.07, 6.45) is 0. The van der Waals surface area contributed by atoms with Crippen LogP contribution in [0, 0.1) is 0 Å². The molecular weight excluding hydrogens is 396 g/mol. The summed E-state index contributed by atoms with van der Waals surface area (Å²) in [6, 6.07) is 34.8. The van der Waals surface area contributed by atoms with E-state index in [9.17, 15) is 9.90 Å². The molecule has 0 bridgehead atoms. The highest BCUT2D eigenvalue weighted by Crippen LogP contribution is 2.25. The monoisotopic (exact) mass is 416 g/mol. The van der Waals surface area contributed by atoms with Crippen LogP contribution in [0.5, 0.6) is 5.75 Å². The van der Waals surface area contributed by atoms with Crippen LogP contribution < -0.4 is 5.43 Å². The smallest absolute Gasteiger partial charge is 0.275 e. The first kappa shape index (κ1) is 19.5. The van der Waals surface area contributed by atoms with Gasteiger partial charge in [-0.15, -0.1) is 0 Å². The molecule has 0 aromatic heterocycles. The number of benzene rings is 5. The van der Waals surface area contributed by atoms with Crippen molar-refractivity contribution in [2.45, 2.75) is 0 Å². The molecule has 0 aliphatic heterocycles. The Morgan fingerprint density at radius 2 is 1.22 bits per heavy atom. The molecule has 1 amide bonds. The third kappa shape index (κ3) is 3.82. The van der Waals surface area contributed by atoms with E-state index in [1.165, 1.54) is 0 Å². The average molecular weight is 416 g/mol. The van der Waals surface area contributed by atoms with Crippen LogP contribution in [0.1, 0.15) is 21.5 Å². The van der Waals surface area contributed by atoms with Crippen LogP contribution in [0.4, 0.5) is 0 Å². The molecule has 0 unspecified atom stereocenters. The molecule has 0 radical (unpaired) electrons. The second-order valence-corrected chi connectivity index (χ2v) is 7.55. The fraction of sp³-hybridized carbons (Fsp3) is 0. The minimum Gasteiger partial charge on any atom is -0.507 e. The first-order valence-electron chi connectivity index (χ1n) is 10.3. The predicted molar refractivity (Wildman–Crippen MR) is 129 cm³/mol. The zero-order valence-corrected chi connectivity index (χ0v) is 17.2. The van der Waals surface area contributed by atoms with E-state index in [0.29, 0.717) is 5.71 Å². The van der Waals surface area contributed by atoms with E-state index in [2.05, 4.69) is 22.7 Å². The van der Waals surface area contributed by atoms with E-state index in [0.717, 1.165) is 32.7 Å². The molecule has 32 heavy (non-hydrogen) atoms. The number of phenols is 1. The van der Waals surface area contributed by atoms with Crippen molar-refractivity contribution in [3.8, 4) is 5.75 Å². The molecule has 4 nitrogen and oxygen atoms in total. The zero-order chi connectivity index (χ0) is 21.9. The second kappa shape index (κ2) is 8.36. The normalized spacial score (nSPS) is 11.6. The van der Waals surface area contributed by atoms with Gasteiger partial charge in [0.25, 0.3) is 5.91 Å². The van der Waals surface area contributed by atoms with E-state index in [-0.39, 0.29) is 11.3 Å². The minimum atomic E-state index is -0.470. The molecule has 4 heteroatoms. The Kier molecular flexibility index (Phi) is 5.10. The lowest BCUT2D eigenvalue weighted by molar-refractivity contribution is 0.0952. The summed E-state index contributed by atoms with van der Waals surface area (Å²) < 4.78 is 0. The number of hydrazone groups is 1. The van der Waals surface area contributed by atoms with Gasteiger partial charge >= 0.3 is 0 Å². The molecule has 154 valence electrons. The number of amides is 1. The highest BCUT2D eigenvalue weighted by atomic mass is 16.3. The van der Waals surface area contributed by atoms with Gasteiger partial charge in [-0.1, -0.05) is 91.0 Å². The summed E-state index contributed by atoms with van der Waals surface area (Å²) in [7, 11) is 0. The molecule has 0 fully saturated rings. The van der Waals surface area contributed by atoms with Crippen molar-refractivity contribution in [2.75, 3.05) is 0 Å². The first-order chi connectivity index (χ1) is 15.7. The van der Waals surface area contributed by atoms with Gasteiger partial charge in [0.15, 0.2) is 0 Å². The SMILES string of the molecule is O=C(N/N=C(\c1ccccc1)c1ccc2ccccc2c1)c1cc2ccccc2cc1O. The third-order valence-electron chi connectivity index (χ3n) is 5.45. The predicted octanol–water partition coefficient (Wildman–Crippen LogP) is 5.88. The number of carbonyl (C=O) groups excluding carboxylic acids is 1. The van der Waals surface area contributed by atoms with Gasteiger partial charge in [0.05, 0.1) is 11.3 Å². The lowest BCUT2D eigenvalue weighted by Gasteiger charge is -2.10. The number of carbonyl (C=O) groups is 1. The maximum Gasteiger partial charge on any atom is 0.275 e. The van der Waals surface area contributed by atoms with Gasteiger partial charge in [-0.2, -0.15) is 5.10 Å². The van der Waals surface area contributed by atoms with Crippen LogP contribution in [-0.2, 0) is 0 Å². The number of hydrogen-bond donors (Lipinski definition) is 2. The largest absolute Gasteiger partial charge is 0.507 e. The van der Waals surface area contributed by atoms with Gasteiger partial charge in [0, 0.05) is 11.1 Å². The number of hydrogen-bond acceptors (Lipinski definition) is 3. The Morgan fingerprint density at radius 1 is 0.625 bits per heavy atom. The van der Waals surface area contributed by atoms with E-state index in [1.54, 1.807) is 12.1 Å². The van der Waals surface area contributed by atoms with Crippen LogP contribution in [0.3, 0.4) is 0 Å². The summed E-state index contributed by atoms with van der Waals surface area (Å²) in [4.78, 5) is 12.9. The van der Waals surface area contributed by atoms with Crippen LogP contribution in [0.15, 0.2) is 114 Å². The second-order valence-electron chi connectivity index (χ2n) is 7.55. The molecule has 2 N–H and O–H groups in total. The number of nitrogens with zero attached hydrogens (tertiary/aromatic N) is 1. The molecule has 0 spiro atoms. The van der Waals surface area contributed by atoms with Crippen LogP contribution in [-0.4, -0.2) is 16.7 Å². The number of nitrogens with one attached hydrogen (secondary N) is 1. The molecule has 0 saturated heterocycles. The van der Waals surface area contributed by atoms with E-state index in [4.69, 9.17) is 0 Å². The lowest BCUT2D eigenvalue weighted by atomic mass is 9.99. The Morgan fingerprint density at radius 3 is 1.94 bits per heavy atom. The van der Waals surface area contributed by atoms with Crippen molar-refractivity contribution in [3.63, 3.8) is 0 Å². The number of rotatable bonds is 4. The highest BCUT2D eigenvalue weighted by Gasteiger charge is 2.14. The summed E-state index contributed by atoms with van der Waals surface area (Å²) in [6.45, 7) is 0. The van der Waals surface area contributed by atoms with Gasteiger partial charge in [-0.05, 0) is 39.7 Å². The Balaban J connectivity index is 1.54. The molecule has 0 heterocycles. The quantitative estimate of drug-likeness (QED) is 0.284. The van der Waals surface area contributed by atoms with Crippen LogP contribution in [0.2, 0.25) is 0 Å². The van der Waals surface area contributed by atoms with Gasteiger partial charge in [-0.25, -0.2) is 5.43 Å². The molecule has 5 aromatic carbocycles. The molecule has 0 aliphatic rings. The molecule has 0 saturated carbocycles. The van der Waals surface area contributed by atoms with Gasteiger partial charge in [0.2, 0.25) is 0 Å². The van der Waals surface area contributed by atoms with Crippen molar-refractivity contribution in [2.24, 2.45) is 5.10 Å². The fourth-order valence-electron chi connectivity index (χ4n) is 3.81. The highest BCUT2D eigenvalue weighted by molar-refractivity contribution is 6.15. The summed E-state index contributed by atoms with van der Waals surface area (Å²) in [5.41, 5.74) is 5.23. The third-order valence-corrected chi connectivity index (χ3v) is 5.45. The van der Waals surface area contributed by atoms with Crippen LogP contribution >= 0.6 is 0 Å². The van der Waals surface area contributed by atoms with Gasteiger partial charge in [0.1, 0.15) is 5.75 Å². The van der Waals surface area contributed by atoms with E-state index < -0.39 is 5.91 Å². The number of fused-ring (bicyclic) bond motifs is 2. The van der Waals surface area contributed by atoms with Crippen molar-refractivity contribution < 1.29 is 9.90 Å². The van der Waals surface area contributed by atoms with Gasteiger partial charge in [-0.3, -0.25) is 4.79 Å². The standard InChI is InChI=1S/C28H20N2O2/c31-26-18-23-13-7-6-12-22(23)17-25(26)28(32)30-29-27(20-9-2-1-3-10-20)24-15-14-19-8-4-5-11-21(19)16-24/h1-18,31H,(H,30,32)/b29-27+. The topological polar surface area (TPSA) is 61.7 Å². The van der Waals surface area contributed by atoms with Crippen molar-refractivity contribution in [1.82, 2.24) is 5.43 Å². The Labute approximate surface area is 185 Å². The zero-order valence-electron chi connectivity index (χ0n) is 17.2. The van der Waals surface area contributed by atoms with Crippen LogP contribution in [0.25, 0.3) is 21.5 Å². The minimum absolute atomic E-state index is 0.0802. The summed E-state index contributed by atoms with van der Waals surface area (Å²) in [5.74, 6) is -0.550. The molecule has 5 aromatic rings. The van der Waals surface area contributed by atoms with Crippen molar-refractivity contribution in [1.29, 1.82) is 0 Å². The maximum absolute atomic E-state index is 12.9. The lowest BCUT2D eigenvalue weighted by Crippen LogP contribution is -2.20.